The topological polar surface area (TPSA) is 61.5 Å². The summed E-state index contributed by atoms with van der Waals surface area (Å²) < 4.78 is 11.5. The molecule has 0 aliphatic carbocycles. The zero-order chi connectivity index (χ0) is 15.2. The molecule has 0 unspecified atom stereocenters. The molecule has 0 atom stereocenters. The summed E-state index contributed by atoms with van der Waals surface area (Å²) in [5.41, 5.74) is 7.18. The minimum absolute atomic E-state index is 0.233. The Hall–Kier alpha value is -2.01. The van der Waals surface area contributed by atoms with Crippen LogP contribution < -0.4 is 10.5 Å². The zero-order valence-corrected chi connectivity index (χ0v) is 13.2. The SMILES string of the molecule is CCOC(=O)Cc1ccc(Oc2ccc(N)cc2)cc1Br. The van der Waals surface area contributed by atoms with E-state index in [0.29, 0.717) is 23.8 Å². The summed E-state index contributed by atoms with van der Waals surface area (Å²) in [5, 5.41) is 0. The molecular weight excluding hydrogens is 334 g/mol. The predicted octanol–water partition coefficient (Wildman–Crippen LogP) is 3.93. The van der Waals surface area contributed by atoms with Gasteiger partial charge in [0.25, 0.3) is 0 Å². The van der Waals surface area contributed by atoms with Crippen molar-refractivity contribution in [3.05, 3.63) is 52.5 Å². The monoisotopic (exact) mass is 349 g/mol. The van der Waals surface area contributed by atoms with Crippen LogP contribution in [0.3, 0.4) is 0 Å². The Balaban J connectivity index is 2.08. The Labute approximate surface area is 132 Å². The number of carbonyl (C=O) groups excluding carboxylic acids is 1. The molecule has 0 aliphatic rings. The molecule has 2 aromatic carbocycles. The lowest BCUT2D eigenvalue weighted by atomic mass is 10.1. The highest BCUT2D eigenvalue weighted by molar-refractivity contribution is 9.10. The van der Waals surface area contributed by atoms with E-state index in [9.17, 15) is 4.79 Å². The molecule has 0 radical (unpaired) electrons. The number of nitrogen functional groups attached to an aromatic ring is 1. The minimum atomic E-state index is -0.245. The average molecular weight is 350 g/mol. The van der Waals surface area contributed by atoms with E-state index in [1.54, 1.807) is 31.2 Å². The van der Waals surface area contributed by atoms with Crippen LogP contribution >= 0.6 is 15.9 Å². The van der Waals surface area contributed by atoms with Crippen LogP contribution in [0.25, 0.3) is 0 Å². The molecule has 0 saturated carbocycles. The van der Waals surface area contributed by atoms with Gasteiger partial charge in [0.05, 0.1) is 13.0 Å². The van der Waals surface area contributed by atoms with Crippen LogP contribution in [0.4, 0.5) is 5.69 Å². The van der Waals surface area contributed by atoms with Crippen LogP contribution in [0.5, 0.6) is 11.5 Å². The van der Waals surface area contributed by atoms with Gasteiger partial charge in [-0.1, -0.05) is 22.0 Å². The van der Waals surface area contributed by atoms with Gasteiger partial charge in [0.1, 0.15) is 11.5 Å². The van der Waals surface area contributed by atoms with Crippen LogP contribution in [0.15, 0.2) is 46.9 Å². The van der Waals surface area contributed by atoms with Crippen molar-refractivity contribution in [2.24, 2.45) is 0 Å². The van der Waals surface area contributed by atoms with E-state index in [-0.39, 0.29) is 12.4 Å². The second-order valence-corrected chi connectivity index (χ2v) is 5.26. The van der Waals surface area contributed by atoms with Crippen LogP contribution in [0, 0.1) is 0 Å². The van der Waals surface area contributed by atoms with Crippen molar-refractivity contribution in [2.75, 3.05) is 12.3 Å². The molecule has 0 heterocycles. The fraction of sp³-hybridized carbons (Fsp3) is 0.188. The number of halogens is 1. The van der Waals surface area contributed by atoms with E-state index >= 15 is 0 Å². The second-order valence-electron chi connectivity index (χ2n) is 4.41. The number of hydrogen-bond acceptors (Lipinski definition) is 4. The fourth-order valence-corrected chi connectivity index (χ4v) is 2.27. The lowest BCUT2D eigenvalue weighted by Crippen LogP contribution is -2.07. The first kappa shape index (κ1) is 15.4. The average Bonchev–Trinajstić information content (AvgIpc) is 2.45. The Kier molecular flexibility index (Phi) is 5.22. The maximum absolute atomic E-state index is 11.5. The summed E-state index contributed by atoms with van der Waals surface area (Å²) in [6.07, 6.45) is 0.233. The number of esters is 1. The molecule has 4 nitrogen and oxygen atoms in total. The summed E-state index contributed by atoms with van der Waals surface area (Å²) in [7, 11) is 0. The molecule has 5 heteroatoms. The molecule has 0 amide bonds. The molecule has 0 aromatic heterocycles. The summed E-state index contributed by atoms with van der Waals surface area (Å²) in [6, 6.07) is 12.6. The summed E-state index contributed by atoms with van der Waals surface area (Å²) >= 11 is 3.44. The normalized spacial score (nSPS) is 10.2. The first-order chi connectivity index (χ1) is 10.1. The summed E-state index contributed by atoms with van der Waals surface area (Å²) in [6.45, 7) is 2.17. The van der Waals surface area contributed by atoms with Crippen LogP contribution in [0.2, 0.25) is 0 Å². The van der Waals surface area contributed by atoms with E-state index in [2.05, 4.69) is 15.9 Å². The van der Waals surface area contributed by atoms with Crippen LogP contribution in [-0.4, -0.2) is 12.6 Å². The highest BCUT2D eigenvalue weighted by Crippen LogP contribution is 2.28. The van der Waals surface area contributed by atoms with Crippen molar-refractivity contribution in [1.82, 2.24) is 0 Å². The highest BCUT2D eigenvalue weighted by atomic mass is 79.9. The fourth-order valence-electron chi connectivity index (χ4n) is 1.77. The van der Waals surface area contributed by atoms with Crippen LogP contribution in [-0.2, 0) is 16.0 Å². The molecule has 0 aliphatic heterocycles. The van der Waals surface area contributed by atoms with Gasteiger partial charge in [0.2, 0.25) is 0 Å². The van der Waals surface area contributed by atoms with Gasteiger partial charge in [-0.25, -0.2) is 0 Å². The van der Waals surface area contributed by atoms with E-state index in [4.69, 9.17) is 15.2 Å². The van der Waals surface area contributed by atoms with E-state index in [1.165, 1.54) is 0 Å². The van der Waals surface area contributed by atoms with Gasteiger partial charge in [0.15, 0.2) is 0 Å². The third kappa shape index (κ3) is 4.49. The molecule has 0 bridgehead atoms. The quantitative estimate of drug-likeness (QED) is 0.656. The first-order valence-electron chi connectivity index (χ1n) is 6.56. The smallest absolute Gasteiger partial charge is 0.310 e. The van der Waals surface area contributed by atoms with Gasteiger partial charge < -0.3 is 15.2 Å². The van der Waals surface area contributed by atoms with Gasteiger partial charge in [0, 0.05) is 10.2 Å². The van der Waals surface area contributed by atoms with E-state index < -0.39 is 0 Å². The van der Waals surface area contributed by atoms with Gasteiger partial charge in [-0.15, -0.1) is 0 Å². The first-order valence-corrected chi connectivity index (χ1v) is 7.35. The number of anilines is 1. The number of hydrogen-bond donors (Lipinski definition) is 1. The molecular formula is C16H16BrNO3. The molecule has 0 fully saturated rings. The second kappa shape index (κ2) is 7.13. The lowest BCUT2D eigenvalue weighted by Gasteiger charge is -2.09. The molecule has 0 saturated heterocycles. The van der Waals surface area contributed by atoms with Gasteiger partial charge in [-0.2, -0.15) is 0 Å². The maximum Gasteiger partial charge on any atom is 0.310 e. The van der Waals surface area contributed by atoms with Crippen molar-refractivity contribution in [1.29, 1.82) is 0 Å². The van der Waals surface area contributed by atoms with E-state index in [0.717, 1.165) is 10.0 Å². The number of rotatable bonds is 5. The number of ether oxygens (including phenoxy) is 2. The Morgan fingerprint density at radius 3 is 2.43 bits per heavy atom. The Bertz CT molecular complexity index is 626. The maximum atomic E-state index is 11.5. The lowest BCUT2D eigenvalue weighted by molar-refractivity contribution is -0.142. The van der Waals surface area contributed by atoms with Crippen molar-refractivity contribution in [3.8, 4) is 11.5 Å². The highest BCUT2D eigenvalue weighted by Gasteiger charge is 2.09. The molecule has 21 heavy (non-hydrogen) atoms. The van der Waals surface area contributed by atoms with E-state index in [1.807, 2.05) is 18.2 Å². The van der Waals surface area contributed by atoms with Crippen molar-refractivity contribution in [3.63, 3.8) is 0 Å². The van der Waals surface area contributed by atoms with Gasteiger partial charge in [-0.05, 0) is 48.9 Å². The molecule has 2 N–H and O–H groups in total. The zero-order valence-electron chi connectivity index (χ0n) is 11.6. The third-order valence-corrected chi connectivity index (χ3v) is 3.52. The van der Waals surface area contributed by atoms with Crippen molar-refractivity contribution < 1.29 is 14.3 Å². The number of benzene rings is 2. The van der Waals surface area contributed by atoms with Gasteiger partial charge in [-0.3, -0.25) is 4.79 Å². The largest absolute Gasteiger partial charge is 0.466 e. The van der Waals surface area contributed by atoms with Gasteiger partial charge >= 0.3 is 5.97 Å². The Morgan fingerprint density at radius 2 is 1.81 bits per heavy atom. The Morgan fingerprint density at radius 1 is 1.14 bits per heavy atom. The van der Waals surface area contributed by atoms with Crippen molar-refractivity contribution >= 4 is 27.6 Å². The standard InChI is InChI=1S/C16H16BrNO3/c1-2-20-16(19)9-11-3-6-14(10-15(11)17)21-13-7-4-12(18)5-8-13/h3-8,10H,2,9,18H2,1H3. The minimum Gasteiger partial charge on any atom is -0.466 e. The summed E-state index contributed by atoms with van der Waals surface area (Å²) in [5.74, 6) is 1.14. The number of nitrogens with two attached hydrogens (primary N) is 1. The molecule has 2 rings (SSSR count). The number of carbonyl (C=O) groups is 1. The van der Waals surface area contributed by atoms with Crippen molar-refractivity contribution in [2.45, 2.75) is 13.3 Å². The third-order valence-electron chi connectivity index (χ3n) is 2.78. The predicted molar refractivity (Wildman–Crippen MR) is 85.4 cm³/mol. The summed E-state index contributed by atoms with van der Waals surface area (Å²) in [4.78, 5) is 11.5. The molecule has 0 spiro atoms. The molecule has 2 aromatic rings. The van der Waals surface area contributed by atoms with Crippen LogP contribution in [0.1, 0.15) is 12.5 Å². The molecule has 110 valence electrons.